The summed E-state index contributed by atoms with van der Waals surface area (Å²) >= 11 is 0. The average Bonchev–Trinajstić information content (AvgIpc) is 2.43. The van der Waals surface area contributed by atoms with Crippen molar-refractivity contribution in [1.29, 1.82) is 0 Å². The molecule has 0 aliphatic carbocycles. The van der Waals surface area contributed by atoms with E-state index in [4.69, 9.17) is 10.5 Å². The summed E-state index contributed by atoms with van der Waals surface area (Å²) in [7, 11) is 1.56. The summed E-state index contributed by atoms with van der Waals surface area (Å²) in [6, 6.07) is 7.27. The van der Waals surface area contributed by atoms with Gasteiger partial charge in [0.25, 0.3) is 5.92 Å². The molecular formula is C13H19ClF2N2O2. The molecule has 20 heavy (non-hydrogen) atoms. The second-order valence-corrected chi connectivity index (χ2v) is 4.19. The average molecular weight is 309 g/mol. The van der Waals surface area contributed by atoms with E-state index in [1.54, 1.807) is 13.2 Å². The molecule has 0 spiro atoms. The molecule has 114 valence electrons. The zero-order valence-corrected chi connectivity index (χ0v) is 12.0. The van der Waals surface area contributed by atoms with Gasteiger partial charge >= 0.3 is 0 Å². The first-order valence-electron chi connectivity index (χ1n) is 5.94. The van der Waals surface area contributed by atoms with Gasteiger partial charge in [-0.1, -0.05) is 12.1 Å². The molecule has 4 nitrogen and oxygen atoms in total. The third-order valence-corrected chi connectivity index (χ3v) is 2.62. The van der Waals surface area contributed by atoms with Gasteiger partial charge in [0.15, 0.2) is 0 Å². The molecule has 1 rings (SSSR count). The van der Waals surface area contributed by atoms with Crippen LogP contribution in [0.15, 0.2) is 24.3 Å². The lowest BCUT2D eigenvalue weighted by molar-refractivity contribution is -0.122. The van der Waals surface area contributed by atoms with E-state index >= 15 is 0 Å². The number of hydrogen-bond donors (Lipinski definition) is 2. The Morgan fingerprint density at radius 2 is 2.15 bits per heavy atom. The summed E-state index contributed by atoms with van der Waals surface area (Å²) in [4.78, 5) is 11.4. The topological polar surface area (TPSA) is 64.3 Å². The molecule has 1 aromatic carbocycles. The largest absolute Gasteiger partial charge is 0.497 e. The molecule has 0 aliphatic rings. The number of carbonyl (C=O) groups excluding carboxylic acids is 1. The minimum Gasteiger partial charge on any atom is -0.497 e. The predicted octanol–water partition coefficient (Wildman–Crippen LogP) is 1.76. The van der Waals surface area contributed by atoms with E-state index in [0.717, 1.165) is 5.56 Å². The van der Waals surface area contributed by atoms with Crippen molar-refractivity contribution in [1.82, 2.24) is 5.32 Å². The van der Waals surface area contributed by atoms with Crippen LogP contribution in [0.5, 0.6) is 5.75 Å². The van der Waals surface area contributed by atoms with Gasteiger partial charge in [-0.05, 0) is 24.1 Å². The molecule has 1 amide bonds. The summed E-state index contributed by atoms with van der Waals surface area (Å²) in [5.41, 5.74) is 5.79. The smallest absolute Gasteiger partial charge is 0.277 e. The Balaban J connectivity index is 0.00000361. The normalized spacial score (nSPS) is 10.6. The molecule has 0 aromatic heterocycles. The maximum Gasteiger partial charge on any atom is 0.277 e. The molecule has 0 atom stereocenters. The highest BCUT2D eigenvalue weighted by atomic mass is 35.5. The fourth-order valence-electron chi connectivity index (χ4n) is 1.47. The molecule has 0 unspecified atom stereocenters. The zero-order valence-electron chi connectivity index (χ0n) is 11.2. The van der Waals surface area contributed by atoms with Crippen molar-refractivity contribution in [2.24, 2.45) is 5.73 Å². The summed E-state index contributed by atoms with van der Waals surface area (Å²) < 4.78 is 30.7. The second kappa shape index (κ2) is 8.71. The molecule has 1 aromatic rings. The highest BCUT2D eigenvalue weighted by molar-refractivity contribution is 5.85. The third kappa shape index (κ3) is 6.68. The Kier molecular flexibility index (Phi) is 8.10. The fourth-order valence-corrected chi connectivity index (χ4v) is 1.47. The summed E-state index contributed by atoms with van der Waals surface area (Å²) in [5, 5.41) is 2.17. The van der Waals surface area contributed by atoms with E-state index in [9.17, 15) is 13.6 Å². The first-order chi connectivity index (χ1) is 8.96. The Morgan fingerprint density at radius 1 is 1.45 bits per heavy atom. The van der Waals surface area contributed by atoms with Crippen molar-refractivity contribution in [3.8, 4) is 5.75 Å². The van der Waals surface area contributed by atoms with Crippen LogP contribution < -0.4 is 15.8 Å². The molecule has 0 saturated heterocycles. The maximum absolute atomic E-state index is 12.8. The van der Waals surface area contributed by atoms with Crippen LogP contribution in [0, 0.1) is 0 Å². The van der Waals surface area contributed by atoms with Crippen LogP contribution in [0.25, 0.3) is 0 Å². The number of nitrogens with one attached hydrogen (secondary N) is 1. The molecule has 0 radical (unpaired) electrons. The van der Waals surface area contributed by atoms with Gasteiger partial charge in [0.05, 0.1) is 20.2 Å². The SMILES string of the molecule is COc1cccc(CCC(=O)NCC(F)(F)CN)c1.Cl. The summed E-state index contributed by atoms with van der Waals surface area (Å²) in [6.45, 7) is -1.50. The summed E-state index contributed by atoms with van der Waals surface area (Å²) in [6.07, 6.45) is 0.616. The van der Waals surface area contributed by atoms with Crippen molar-refractivity contribution in [3.05, 3.63) is 29.8 Å². The van der Waals surface area contributed by atoms with E-state index in [1.165, 1.54) is 0 Å². The number of alkyl halides is 2. The van der Waals surface area contributed by atoms with E-state index in [1.807, 2.05) is 18.2 Å². The monoisotopic (exact) mass is 308 g/mol. The number of ether oxygens (including phenoxy) is 1. The van der Waals surface area contributed by atoms with E-state index in [2.05, 4.69) is 5.32 Å². The van der Waals surface area contributed by atoms with Crippen LogP contribution in [0.4, 0.5) is 8.78 Å². The van der Waals surface area contributed by atoms with Crippen LogP contribution in [0.1, 0.15) is 12.0 Å². The lowest BCUT2D eigenvalue weighted by atomic mass is 10.1. The van der Waals surface area contributed by atoms with E-state index < -0.39 is 24.9 Å². The number of amides is 1. The van der Waals surface area contributed by atoms with Gasteiger partial charge < -0.3 is 15.8 Å². The predicted molar refractivity (Wildman–Crippen MR) is 75.6 cm³/mol. The number of benzene rings is 1. The van der Waals surface area contributed by atoms with Gasteiger partial charge in [-0.2, -0.15) is 0 Å². The van der Waals surface area contributed by atoms with Crippen LogP contribution >= 0.6 is 12.4 Å². The highest BCUT2D eigenvalue weighted by Gasteiger charge is 2.26. The Labute approximate surface area is 123 Å². The Bertz CT molecular complexity index is 431. The van der Waals surface area contributed by atoms with E-state index in [0.29, 0.717) is 12.2 Å². The number of methoxy groups -OCH3 is 1. The van der Waals surface area contributed by atoms with Gasteiger partial charge in [-0.3, -0.25) is 4.79 Å². The Morgan fingerprint density at radius 3 is 2.75 bits per heavy atom. The van der Waals surface area contributed by atoms with Gasteiger partial charge in [0, 0.05) is 6.42 Å². The van der Waals surface area contributed by atoms with Crippen LogP contribution in [-0.2, 0) is 11.2 Å². The van der Waals surface area contributed by atoms with Gasteiger partial charge in [-0.25, -0.2) is 8.78 Å². The second-order valence-electron chi connectivity index (χ2n) is 4.19. The number of rotatable bonds is 7. The van der Waals surface area contributed by atoms with Gasteiger partial charge in [-0.15, -0.1) is 12.4 Å². The first-order valence-corrected chi connectivity index (χ1v) is 5.94. The number of aryl methyl sites for hydroxylation is 1. The molecule has 0 fully saturated rings. The molecule has 3 N–H and O–H groups in total. The van der Waals surface area contributed by atoms with Crippen molar-refractivity contribution in [2.75, 3.05) is 20.2 Å². The molecule has 0 heterocycles. The highest BCUT2D eigenvalue weighted by Crippen LogP contribution is 2.14. The Hall–Kier alpha value is -1.40. The number of halogens is 3. The van der Waals surface area contributed by atoms with Crippen LogP contribution in [-0.4, -0.2) is 32.0 Å². The van der Waals surface area contributed by atoms with Gasteiger partial charge in [0.1, 0.15) is 5.75 Å². The van der Waals surface area contributed by atoms with E-state index in [-0.39, 0.29) is 18.8 Å². The standard InChI is InChI=1S/C13H18F2N2O2.ClH/c1-19-11-4-2-3-10(7-11)5-6-12(18)17-9-13(14,15)8-16;/h2-4,7H,5-6,8-9,16H2,1H3,(H,17,18);1H. The lowest BCUT2D eigenvalue weighted by Gasteiger charge is -2.14. The van der Waals surface area contributed by atoms with Crippen molar-refractivity contribution < 1.29 is 18.3 Å². The minimum absolute atomic E-state index is 0. The molecule has 0 aliphatic heterocycles. The third-order valence-electron chi connectivity index (χ3n) is 2.62. The molecule has 7 heteroatoms. The molecule has 0 bridgehead atoms. The van der Waals surface area contributed by atoms with Crippen molar-refractivity contribution >= 4 is 18.3 Å². The number of carbonyl (C=O) groups is 1. The van der Waals surface area contributed by atoms with Crippen molar-refractivity contribution in [2.45, 2.75) is 18.8 Å². The van der Waals surface area contributed by atoms with Crippen molar-refractivity contribution in [3.63, 3.8) is 0 Å². The zero-order chi connectivity index (χ0) is 14.3. The minimum atomic E-state index is -3.05. The lowest BCUT2D eigenvalue weighted by Crippen LogP contribution is -2.41. The van der Waals surface area contributed by atoms with Crippen LogP contribution in [0.3, 0.4) is 0 Å². The maximum atomic E-state index is 12.8. The number of nitrogens with two attached hydrogens (primary N) is 1. The molecular weight excluding hydrogens is 290 g/mol. The number of hydrogen-bond acceptors (Lipinski definition) is 3. The summed E-state index contributed by atoms with van der Waals surface area (Å²) in [5.74, 6) is -2.77. The van der Waals surface area contributed by atoms with Crippen LogP contribution in [0.2, 0.25) is 0 Å². The fraction of sp³-hybridized carbons (Fsp3) is 0.462. The first kappa shape index (κ1) is 18.6. The molecule has 0 saturated carbocycles. The quantitative estimate of drug-likeness (QED) is 0.807. The van der Waals surface area contributed by atoms with Gasteiger partial charge in [0.2, 0.25) is 5.91 Å².